The average Bonchev–Trinajstić information content (AvgIpc) is 4.03. The average molecular weight is 793 g/mol. The van der Waals surface area contributed by atoms with E-state index in [0.717, 1.165) is 51.4 Å². The molecule has 8 bridgehead atoms. The number of ether oxygens (including phenoxy) is 8. The second-order valence-corrected chi connectivity index (χ2v) is 17.5. The molecular formula is C44H72O12. The molecule has 0 radical (unpaired) electrons. The second-order valence-electron chi connectivity index (χ2n) is 17.5. The van der Waals surface area contributed by atoms with E-state index in [4.69, 9.17) is 37.9 Å². The third kappa shape index (κ3) is 11.9. The van der Waals surface area contributed by atoms with Crippen LogP contribution in [0.3, 0.4) is 0 Å². The highest BCUT2D eigenvalue weighted by molar-refractivity contribution is 5.74. The zero-order valence-corrected chi connectivity index (χ0v) is 35.5. The Hall–Kier alpha value is -2.28. The summed E-state index contributed by atoms with van der Waals surface area (Å²) < 4.78 is 49.6. The van der Waals surface area contributed by atoms with Gasteiger partial charge in [-0.15, -0.1) is 0 Å². The molecule has 5 rings (SSSR count). The normalized spacial score (nSPS) is 42.9. The van der Waals surface area contributed by atoms with Crippen LogP contribution in [0, 0.1) is 23.7 Å². The Labute approximate surface area is 335 Å². The number of fused-ring (bicyclic) bond motifs is 8. The SMILES string of the molecule is CC[C@H]1C[C@H]2CC[C@H](O2)[C@@H](C)C(=O)O[C@H](CC)C[C@@H]2CC[C@@H](O2)[C@@H](C)C(=O)O[C@@H](CC)C[C@H]2CC[C@H](O2)[C@@H](C)C(=O)O[C@H](CC)C[C@@H]2CC[C@@H](O2)[C@H](C)C(=O)O1. The summed E-state index contributed by atoms with van der Waals surface area (Å²) in [5, 5.41) is 0. The van der Waals surface area contributed by atoms with Crippen LogP contribution in [0.25, 0.3) is 0 Å². The Morgan fingerprint density at radius 3 is 0.732 bits per heavy atom. The third-order valence-electron chi connectivity index (χ3n) is 13.3. The van der Waals surface area contributed by atoms with Gasteiger partial charge in [-0.05, 0) is 105 Å². The van der Waals surface area contributed by atoms with Gasteiger partial charge in [0.2, 0.25) is 0 Å². The Bertz CT molecular complexity index is 1100. The highest BCUT2D eigenvalue weighted by Gasteiger charge is 2.41. The van der Waals surface area contributed by atoms with Gasteiger partial charge in [0.25, 0.3) is 0 Å². The maximum atomic E-state index is 13.4. The molecule has 16 atom stereocenters. The quantitative estimate of drug-likeness (QED) is 0.205. The van der Waals surface area contributed by atoms with Gasteiger partial charge in [-0.1, -0.05) is 27.7 Å². The first-order valence-electron chi connectivity index (χ1n) is 22.3. The Kier molecular flexibility index (Phi) is 16.9. The number of rotatable bonds is 4. The fourth-order valence-electron chi connectivity index (χ4n) is 9.16. The molecule has 5 aliphatic rings. The highest BCUT2D eigenvalue weighted by Crippen LogP contribution is 2.35. The van der Waals surface area contributed by atoms with Gasteiger partial charge in [-0.2, -0.15) is 0 Å². The van der Waals surface area contributed by atoms with E-state index in [-0.39, 0.29) is 97.1 Å². The molecule has 5 fully saturated rings. The van der Waals surface area contributed by atoms with Crippen molar-refractivity contribution in [3.05, 3.63) is 0 Å². The van der Waals surface area contributed by atoms with Crippen LogP contribution in [0.1, 0.15) is 158 Å². The first kappa shape index (κ1) is 44.8. The predicted molar refractivity (Wildman–Crippen MR) is 207 cm³/mol. The van der Waals surface area contributed by atoms with Crippen molar-refractivity contribution in [2.24, 2.45) is 23.7 Å². The number of hydrogen-bond acceptors (Lipinski definition) is 12. The molecule has 0 amide bonds. The highest BCUT2D eigenvalue weighted by atomic mass is 16.6. The van der Waals surface area contributed by atoms with Gasteiger partial charge in [0, 0.05) is 25.7 Å². The van der Waals surface area contributed by atoms with Gasteiger partial charge in [0.1, 0.15) is 24.4 Å². The Morgan fingerprint density at radius 2 is 0.554 bits per heavy atom. The van der Waals surface area contributed by atoms with Crippen molar-refractivity contribution in [1.82, 2.24) is 0 Å². The number of carbonyl (C=O) groups is 4. The molecule has 0 aromatic rings. The van der Waals surface area contributed by atoms with Gasteiger partial charge >= 0.3 is 23.9 Å². The lowest BCUT2D eigenvalue weighted by Crippen LogP contribution is -2.35. The maximum Gasteiger partial charge on any atom is 0.311 e. The number of hydrogen-bond donors (Lipinski definition) is 0. The molecule has 0 aromatic heterocycles. The van der Waals surface area contributed by atoms with E-state index in [1.165, 1.54) is 0 Å². The molecule has 5 saturated heterocycles. The first-order valence-corrected chi connectivity index (χ1v) is 22.3. The molecule has 0 aromatic carbocycles. The molecule has 0 spiro atoms. The lowest BCUT2D eigenvalue weighted by atomic mass is 9.99. The third-order valence-corrected chi connectivity index (χ3v) is 13.3. The van der Waals surface area contributed by atoms with Crippen LogP contribution in [-0.2, 0) is 57.1 Å². The van der Waals surface area contributed by atoms with Crippen LogP contribution in [0.15, 0.2) is 0 Å². The lowest BCUT2D eigenvalue weighted by Gasteiger charge is -2.27. The van der Waals surface area contributed by atoms with Crippen LogP contribution >= 0.6 is 0 Å². The topological polar surface area (TPSA) is 142 Å². The second kappa shape index (κ2) is 21.1. The fraction of sp³-hybridized carbons (Fsp3) is 0.909. The van der Waals surface area contributed by atoms with Crippen LogP contribution in [0.5, 0.6) is 0 Å². The molecule has 0 aliphatic carbocycles. The zero-order valence-electron chi connectivity index (χ0n) is 35.5. The van der Waals surface area contributed by atoms with Crippen LogP contribution < -0.4 is 0 Å². The smallest absolute Gasteiger partial charge is 0.311 e. The van der Waals surface area contributed by atoms with Gasteiger partial charge in [0.15, 0.2) is 0 Å². The fourth-order valence-corrected chi connectivity index (χ4v) is 9.16. The monoisotopic (exact) mass is 793 g/mol. The number of cyclic esters (lactones) is 4. The molecule has 0 N–H and O–H groups in total. The van der Waals surface area contributed by atoms with Crippen molar-refractivity contribution in [3.8, 4) is 0 Å². The summed E-state index contributed by atoms with van der Waals surface area (Å²) in [5.41, 5.74) is 0. The first-order chi connectivity index (χ1) is 26.8. The summed E-state index contributed by atoms with van der Waals surface area (Å²) in [6.45, 7) is 15.5. The van der Waals surface area contributed by atoms with Gasteiger partial charge in [-0.3, -0.25) is 19.2 Å². The van der Waals surface area contributed by atoms with Crippen molar-refractivity contribution >= 4 is 23.9 Å². The molecule has 12 heteroatoms. The molecule has 320 valence electrons. The van der Waals surface area contributed by atoms with E-state index in [2.05, 4.69) is 0 Å². The standard InChI is InChI=1S/C44H72O12/c1-9-29-21-33-13-17-38(49-33)26(6)42(46)54-31(11-3)23-35-15-19-40(51-35)28(8)44(48)56-32(12-4)24-36-16-20-39(52-36)27(7)43(47)55-30(10-2)22-34-14-18-37(50-34)25(5)41(45)53-29/h25-40H,9-24H2,1-8H3/t25-,26-,27-,28+,29+,30-,31-,32+,33-,34+,35+,36-,37-,38+,39+,40-/m1/s1. The minimum atomic E-state index is -0.434. The number of carbonyl (C=O) groups excluding carboxylic acids is 4. The van der Waals surface area contributed by atoms with Crippen LogP contribution in [-0.4, -0.2) is 97.1 Å². The molecule has 56 heavy (non-hydrogen) atoms. The summed E-state index contributed by atoms with van der Waals surface area (Å²) in [6.07, 6.45) is 8.23. The molecule has 0 unspecified atom stereocenters. The minimum absolute atomic E-state index is 0.116. The zero-order chi connectivity index (χ0) is 40.5. The van der Waals surface area contributed by atoms with Crippen molar-refractivity contribution in [1.29, 1.82) is 0 Å². The van der Waals surface area contributed by atoms with Crippen molar-refractivity contribution in [3.63, 3.8) is 0 Å². The summed E-state index contributed by atoms with van der Waals surface area (Å²) in [4.78, 5) is 53.5. The Balaban J connectivity index is 1.24. The van der Waals surface area contributed by atoms with E-state index in [1.54, 1.807) is 0 Å². The largest absolute Gasteiger partial charge is 0.462 e. The summed E-state index contributed by atoms with van der Waals surface area (Å²) in [6, 6.07) is 0. The minimum Gasteiger partial charge on any atom is -0.462 e. The molecular weight excluding hydrogens is 720 g/mol. The molecule has 0 saturated carbocycles. The van der Waals surface area contributed by atoms with Crippen molar-refractivity contribution < 1.29 is 57.1 Å². The summed E-state index contributed by atoms with van der Waals surface area (Å²) in [5.74, 6) is -2.83. The molecule has 5 heterocycles. The van der Waals surface area contributed by atoms with Gasteiger partial charge < -0.3 is 37.9 Å². The van der Waals surface area contributed by atoms with Crippen LogP contribution in [0.2, 0.25) is 0 Å². The summed E-state index contributed by atoms with van der Waals surface area (Å²) >= 11 is 0. The Morgan fingerprint density at radius 1 is 0.357 bits per heavy atom. The maximum absolute atomic E-state index is 13.4. The van der Waals surface area contributed by atoms with Crippen molar-refractivity contribution in [2.45, 2.75) is 231 Å². The lowest BCUT2D eigenvalue weighted by molar-refractivity contribution is -0.162. The van der Waals surface area contributed by atoms with E-state index < -0.39 is 23.7 Å². The van der Waals surface area contributed by atoms with E-state index >= 15 is 0 Å². The van der Waals surface area contributed by atoms with Gasteiger partial charge in [0.05, 0.1) is 72.5 Å². The van der Waals surface area contributed by atoms with E-state index in [0.29, 0.717) is 51.4 Å². The predicted octanol–water partition coefficient (Wildman–Crippen LogP) is 7.58. The molecule has 5 aliphatic heterocycles. The summed E-state index contributed by atoms with van der Waals surface area (Å²) in [7, 11) is 0. The van der Waals surface area contributed by atoms with Crippen LogP contribution in [0.4, 0.5) is 0 Å². The van der Waals surface area contributed by atoms with E-state index in [9.17, 15) is 19.2 Å². The van der Waals surface area contributed by atoms with E-state index in [1.807, 2.05) is 55.4 Å². The molecule has 12 nitrogen and oxygen atoms in total. The number of esters is 4. The van der Waals surface area contributed by atoms with Crippen molar-refractivity contribution in [2.75, 3.05) is 0 Å². The van der Waals surface area contributed by atoms with Gasteiger partial charge in [-0.25, -0.2) is 0 Å².